The number of hydrogen-bond donors (Lipinski definition) is 1. The van der Waals surface area contributed by atoms with Gasteiger partial charge in [0, 0.05) is 5.56 Å². The minimum Gasteiger partial charge on any atom is -0.431 e. The van der Waals surface area contributed by atoms with Crippen molar-refractivity contribution in [2.24, 2.45) is 0 Å². The lowest BCUT2D eigenvalue weighted by molar-refractivity contribution is -0.0692. The van der Waals surface area contributed by atoms with Crippen LogP contribution in [-0.2, 0) is 4.84 Å². The number of nitrogens with zero attached hydrogens (tertiary/aromatic N) is 1. The second-order valence-corrected chi connectivity index (χ2v) is 4.40. The van der Waals surface area contributed by atoms with Crippen molar-refractivity contribution in [3.8, 4) is 17.6 Å². The van der Waals surface area contributed by atoms with E-state index in [0.29, 0.717) is 11.3 Å². The summed E-state index contributed by atoms with van der Waals surface area (Å²) in [6.07, 6.45) is 1.42. The number of hydroxylamine groups is 1. The number of rotatable bonds is 5. The van der Waals surface area contributed by atoms with Crippen LogP contribution in [0.25, 0.3) is 5.70 Å². The van der Waals surface area contributed by atoms with Crippen LogP contribution in [0.1, 0.15) is 12.5 Å². The molecule has 1 aliphatic heterocycles. The molecule has 1 heterocycles. The monoisotopic (exact) mass is 318 g/mol. The van der Waals surface area contributed by atoms with E-state index < -0.39 is 30.3 Å². The molecule has 1 aromatic carbocycles. The van der Waals surface area contributed by atoms with E-state index in [-0.39, 0.29) is 0 Å². The maximum atomic E-state index is 12.4. The van der Waals surface area contributed by atoms with E-state index in [1.165, 1.54) is 19.1 Å². The van der Waals surface area contributed by atoms with Crippen molar-refractivity contribution in [3.05, 3.63) is 29.8 Å². The summed E-state index contributed by atoms with van der Waals surface area (Å²) in [5, 5.41) is 8.92. The number of hydrogen-bond acceptors (Lipinski definition) is 5. The van der Waals surface area contributed by atoms with Gasteiger partial charge in [-0.2, -0.15) is 22.8 Å². The molecule has 1 aliphatic rings. The molecule has 0 spiro atoms. The Kier molecular flexibility index (Phi) is 4.42. The summed E-state index contributed by atoms with van der Waals surface area (Å²) < 4.78 is 57.5. The minimum absolute atomic E-state index is 0.302. The first-order valence-electron chi connectivity index (χ1n) is 5.95. The van der Waals surface area contributed by atoms with Crippen LogP contribution in [-0.4, -0.2) is 18.8 Å². The van der Waals surface area contributed by atoms with Crippen molar-refractivity contribution in [3.63, 3.8) is 0 Å². The Morgan fingerprint density at radius 1 is 1.18 bits per heavy atom. The summed E-state index contributed by atoms with van der Waals surface area (Å²) in [4.78, 5) is 5.03. The van der Waals surface area contributed by atoms with Gasteiger partial charge in [-0.15, -0.1) is 0 Å². The molecule has 22 heavy (non-hydrogen) atoms. The van der Waals surface area contributed by atoms with Gasteiger partial charge in [-0.05, 0) is 31.2 Å². The predicted molar refractivity (Wildman–Crippen MR) is 65.9 cm³/mol. The summed E-state index contributed by atoms with van der Waals surface area (Å²) in [6, 6.07) is 5.36. The molecule has 0 saturated carbocycles. The molecule has 5 nitrogen and oxygen atoms in total. The van der Waals surface area contributed by atoms with E-state index in [9.17, 15) is 17.6 Å². The Hall–Kier alpha value is -2.47. The molecule has 0 amide bonds. The highest BCUT2D eigenvalue weighted by molar-refractivity contribution is 5.69. The van der Waals surface area contributed by atoms with E-state index in [1.54, 1.807) is 0 Å². The largest absolute Gasteiger partial charge is 0.431 e. The Morgan fingerprint density at radius 3 is 2.36 bits per heavy atom. The molecular weight excluding hydrogens is 308 g/mol. The molecule has 1 aromatic rings. The number of benzene rings is 1. The highest BCUT2D eigenvalue weighted by Crippen LogP contribution is 2.34. The molecule has 0 aliphatic carbocycles. The molecule has 2 rings (SSSR count). The van der Waals surface area contributed by atoms with Gasteiger partial charge < -0.3 is 9.47 Å². The normalized spacial score (nSPS) is 20.5. The number of nitrogens with one attached hydrogen (secondary N) is 1. The molecule has 0 fully saturated rings. The number of nitriles is 1. The van der Waals surface area contributed by atoms with Gasteiger partial charge in [0.25, 0.3) is 0 Å². The Bertz CT molecular complexity index is 630. The van der Waals surface area contributed by atoms with Gasteiger partial charge in [-0.1, -0.05) is 0 Å². The highest BCUT2D eigenvalue weighted by Gasteiger charge is 2.30. The topological polar surface area (TPSA) is 63.5 Å². The van der Waals surface area contributed by atoms with Gasteiger partial charge >= 0.3 is 13.2 Å². The van der Waals surface area contributed by atoms with Crippen LogP contribution >= 0.6 is 0 Å². The van der Waals surface area contributed by atoms with Gasteiger partial charge in [0.15, 0.2) is 17.1 Å². The highest BCUT2D eigenvalue weighted by atomic mass is 19.3. The van der Waals surface area contributed by atoms with E-state index >= 15 is 0 Å². The molecule has 0 bridgehead atoms. The third-order valence-corrected chi connectivity index (χ3v) is 2.70. The Labute approximate surface area is 122 Å². The molecule has 118 valence electrons. The first kappa shape index (κ1) is 15.9. The first-order chi connectivity index (χ1) is 10.3. The zero-order valence-electron chi connectivity index (χ0n) is 11.1. The molecule has 0 aromatic heterocycles. The van der Waals surface area contributed by atoms with E-state index in [1.807, 2.05) is 6.07 Å². The molecule has 1 unspecified atom stereocenters. The lowest BCUT2D eigenvalue weighted by atomic mass is 10.1. The number of ether oxygens (including phenoxy) is 2. The Morgan fingerprint density at radius 2 is 1.82 bits per heavy atom. The van der Waals surface area contributed by atoms with Crippen molar-refractivity contribution in [1.82, 2.24) is 5.48 Å². The summed E-state index contributed by atoms with van der Waals surface area (Å²) in [5.74, 6) is -1.08. The average Bonchev–Trinajstić information content (AvgIpc) is 2.83. The zero-order chi connectivity index (χ0) is 16.3. The first-order valence-corrected chi connectivity index (χ1v) is 5.95. The number of halogens is 4. The fourth-order valence-corrected chi connectivity index (χ4v) is 1.75. The fraction of sp³-hybridized carbons (Fsp3) is 0.308. The lowest BCUT2D eigenvalue weighted by Crippen LogP contribution is -2.22. The van der Waals surface area contributed by atoms with Crippen molar-refractivity contribution in [1.29, 1.82) is 5.26 Å². The summed E-state index contributed by atoms with van der Waals surface area (Å²) >= 11 is 0. The summed E-state index contributed by atoms with van der Waals surface area (Å²) in [7, 11) is 0. The second kappa shape index (κ2) is 6.11. The second-order valence-electron chi connectivity index (χ2n) is 4.40. The smallest absolute Gasteiger partial charge is 0.387 e. The predicted octanol–water partition coefficient (Wildman–Crippen LogP) is 3.05. The van der Waals surface area contributed by atoms with Gasteiger partial charge in [0.05, 0.1) is 5.70 Å². The molecular formula is C13H10F4N2O3. The average molecular weight is 318 g/mol. The molecule has 9 heteroatoms. The molecule has 1 N–H and O–H groups in total. The zero-order valence-corrected chi connectivity index (χ0v) is 11.1. The van der Waals surface area contributed by atoms with Crippen LogP contribution < -0.4 is 15.0 Å². The number of alkyl halides is 4. The maximum Gasteiger partial charge on any atom is 0.387 e. The minimum atomic E-state index is -3.21. The fourth-order valence-electron chi connectivity index (χ4n) is 1.75. The van der Waals surface area contributed by atoms with Crippen LogP contribution in [0.4, 0.5) is 17.6 Å². The maximum absolute atomic E-state index is 12.4. The van der Waals surface area contributed by atoms with Crippen LogP contribution in [0.3, 0.4) is 0 Å². The summed E-state index contributed by atoms with van der Waals surface area (Å²) in [6.45, 7) is -4.90. The lowest BCUT2D eigenvalue weighted by Gasteiger charge is -2.13. The van der Waals surface area contributed by atoms with Crippen LogP contribution in [0.5, 0.6) is 11.5 Å². The van der Waals surface area contributed by atoms with E-state index in [2.05, 4.69) is 15.0 Å². The standard InChI is InChI=1S/C13H10F4N2O3/c1-13(6-18)5-8(19-22-13)7-2-3-9(20-11(14)15)10(4-7)21-12(16)17/h2-5,11-12,19H,1H3. The van der Waals surface area contributed by atoms with Gasteiger partial charge in [0.2, 0.25) is 0 Å². The van der Waals surface area contributed by atoms with Gasteiger partial charge in [-0.3, -0.25) is 10.3 Å². The van der Waals surface area contributed by atoms with Crippen LogP contribution in [0.15, 0.2) is 24.3 Å². The van der Waals surface area contributed by atoms with Crippen molar-refractivity contribution >= 4 is 5.70 Å². The molecule has 1 atom stereocenters. The van der Waals surface area contributed by atoms with E-state index in [0.717, 1.165) is 12.1 Å². The van der Waals surface area contributed by atoms with Gasteiger partial charge in [-0.25, -0.2) is 0 Å². The van der Waals surface area contributed by atoms with Crippen molar-refractivity contribution < 1.29 is 31.9 Å². The Balaban J connectivity index is 2.35. The van der Waals surface area contributed by atoms with Gasteiger partial charge in [0.1, 0.15) is 6.07 Å². The quantitative estimate of drug-likeness (QED) is 0.846. The van der Waals surface area contributed by atoms with Crippen molar-refractivity contribution in [2.75, 3.05) is 0 Å². The SMILES string of the molecule is CC1(C#N)C=C(c2ccc(OC(F)F)c(OC(F)F)c2)NO1. The summed E-state index contributed by atoms with van der Waals surface area (Å²) in [5.41, 5.74) is 1.85. The molecule has 0 radical (unpaired) electrons. The van der Waals surface area contributed by atoms with E-state index in [4.69, 9.17) is 10.1 Å². The molecule has 0 saturated heterocycles. The third-order valence-electron chi connectivity index (χ3n) is 2.70. The van der Waals surface area contributed by atoms with Crippen LogP contribution in [0, 0.1) is 11.3 Å². The third kappa shape index (κ3) is 3.59. The van der Waals surface area contributed by atoms with Crippen molar-refractivity contribution in [2.45, 2.75) is 25.7 Å². The van der Waals surface area contributed by atoms with Crippen LogP contribution in [0.2, 0.25) is 0 Å².